The number of thioether (sulfide) groups is 1. The van der Waals surface area contributed by atoms with Crippen molar-refractivity contribution in [3.63, 3.8) is 0 Å². The van der Waals surface area contributed by atoms with Crippen molar-refractivity contribution >= 4 is 17.4 Å². The Labute approximate surface area is 118 Å². The Kier molecular flexibility index (Phi) is 3.47. The summed E-state index contributed by atoms with van der Waals surface area (Å²) in [5.74, 6) is 0.239. The minimum atomic E-state index is -0.364. The van der Waals surface area contributed by atoms with E-state index in [0.29, 0.717) is 16.6 Å². The number of aromatic nitrogens is 3. The van der Waals surface area contributed by atoms with E-state index in [2.05, 4.69) is 9.97 Å². The molecule has 0 spiro atoms. The molecule has 2 aromatic heterocycles. The SMILES string of the molecule is O=c1nc(SCc2cccc(F)c2)nc2ccccn12. The first-order valence-corrected chi connectivity index (χ1v) is 6.93. The van der Waals surface area contributed by atoms with Gasteiger partial charge in [-0.2, -0.15) is 4.98 Å². The van der Waals surface area contributed by atoms with Gasteiger partial charge < -0.3 is 0 Å². The van der Waals surface area contributed by atoms with Gasteiger partial charge in [0.15, 0.2) is 5.16 Å². The smallest absolute Gasteiger partial charge is 0.251 e. The highest BCUT2D eigenvalue weighted by atomic mass is 32.2. The zero-order valence-electron chi connectivity index (χ0n) is 10.4. The van der Waals surface area contributed by atoms with Gasteiger partial charge in [-0.3, -0.25) is 4.40 Å². The fraction of sp³-hybridized carbons (Fsp3) is 0.0714. The van der Waals surface area contributed by atoms with Gasteiger partial charge in [0.2, 0.25) is 0 Å². The number of hydrogen-bond donors (Lipinski definition) is 0. The van der Waals surface area contributed by atoms with Crippen LogP contribution in [0.25, 0.3) is 5.65 Å². The van der Waals surface area contributed by atoms with Crippen LogP contribution >= 0.6 is 11.8 Å². The van der Waals surface area contributed by atoms with Crippen molar-refractivity contribution in [3.05, 3.63) is 70.5 Å². The van der Waals surface area contributed by atoms with Gasteiger partial charge in [-0.1, -0.05) is 30.0 Å². The summed E-state index contributed by atoms with van der Waals surface area (Å²) in [4.78, 5) is 20.0. The van der Waals surface area contributed by atoms with Crippen LogP contribution in [0.1, 0.15) is 5.56 Å². The quantitative estimate of drug-likeness (QED) is 0.694. The third kappa shape index (κ3) is 2.70. The molecule has 0 unspecified atom stereocenters. The van der Waals surface area contributed by atoms with E-state index in [1.165, 1.54) is 28.3 Å². The molecule has 0 bridgehead atoms. The molecular formula is C14H10FN3OS. The molecule has 0 saturated heterocycles. The number of rotatable bonds is 3. The van der Waals surface area contributed by atoms with Crippen LogP contribution in [0.4, 0.5) is 4.39 Å². The second-order valence-electron chi connectivity index (χ2n) is 4.14. The van der Waals surface area contributed by atoms with Gasteiger partial charge in [0, 0.05) is 11.9 Å². The Morgan fingerprint density at radius 3 is 2.90 bits per heavy atom. The van der Waals surface area contributed by atoms with E-state index in [1.54, 1.807) is 24.4 Å². The van der Waals surface area contributed by atoms with Crippen molar-refractivity contribution in [3.8, 4) is 0 Å². The summed E-state index contributed by atoms with van der Waals surface area (Å²) < 4.78 is 14.5. The summed E-state index contributed by atoms with van der Waals surface area (Å²) in [5.41, 5.74) is 1.01. The van der Waals surface area contributed by atoms with Crippen LogP contribution in [0.3, 0.4) is 0 Å². The molecule has 3 rings (SSSR count). The van der Waals surface area contributed by atoms with Gasteiger partial charge in [0.25, 0.3) is 0 Å². The molecule has 20 heavy (non-hydrogen) atoms. The zero-order valence-corrected chi connectivity index (χ0v) is 11.2. The van der Waals surface area contributed by atoms with Crippen molar-refractivity contribution in [2.24, 2.45) is 0 Å². The van der Waals surface area contributed by atoms with Gasteiger partial charge in [-0.05, 0) is 29.8 Å². The van der Waals surface area contributed by atoms with Crippen molar-refractivity contribution in [1.82, 2.24) is 14.4 Å². The minimum Gasteiger partial charge on any atom is -0.251 e. The molecular weight excluding hydrogens is 277 g/mol. The number of pyridine rings is 1. The second-order valence-corrected chi connectivity index (χ2v) is 5.08. The Morgan fingerprint density at radius 2 is 2.05 bits per heavy atom. The van der Waals surface area contributed by atoms with E-state index >= 15 is 0 Å². The van der Waals surface area contributed by atoms with E-state index in [-0.39, 0.29) is 11.5 Å². The molecule has 6 heteroatoms. The lowest BCUT2D eigenvalue weighted by Gasteiger charge is -2.03. The van der Waals surface area contributed by atoms with E-state index in [4.69, 9.17) is 0 Å². The molecule has 2 heterocycles. The molecule has 0 N–H and O–H groups in total. The highest BCUT2D eigenvalue weighted by Gasteiger charge is 2.04. The Bertz CT molecular complexity index is 819. The van der Waals surface area contributed by atoms with Crippen LogP contribution in [-0.2, 0) is 5.75 Å². The van der Waals surface area contributed by atoms with Gasteiger partial charge in [-0.15, -0.1) is 0 Å². The average Bonchev–Trinajstić information content (AvgIpc) is 2.45. The normalized spacial score (nSPS) is 10.8. The molecule has 0 aliphatic carbocycles. The monoisotopic (exact) mass is 287 g/mol. The summed E-state index contributed by atoms with van der Waals surface area (Å²) >= 11 is 1.31. The lowest BCUT2D eigenvalue weighted by molar-refractivity contribution is 0.626. The molecule has 0 aliphatic rings. The molecule has 0 atom stereocenters. The van der Waals surface area contributed by atoms with Crippen LogP contribution in [0.15, 0.2) is 58.6 Å². The maximum absolute atomic E-state index is 13.1. The third-order valence-electron chi connectivity index (χ3n) is 2.70. The Balaban J connectivity index is 1.86. The number of halogens is 1. The number of fused-ring (bicyclic) bond motifs is 1. The molecule has 3 aromatic rings. The molecule has 4 nitrogen and oxygen atoms in total. The predicted molar refractivity (Wildman–Crippen MR) is 75.2 cm³/mol. The topological polar surface area (TPSA) is 47.3 Å². The van der Waals surface area contributed by atoms with Crippen LogP contribution < -0.4 is 5.69 Å². The molecule has 0 radical (unpaired) electrons. The Hall–Kier alpha value is -2.21. The lowest BCUT2D eigenvalue weighted by Crippen LogP contribution is -2.18. The van der Waals surface area contributed by atoms with Crippen LogP contribution in [0.2, 0.25) is 0 Å². The minimum absolute atomic E-state index is 0.275. The van der Waals surface area contributed by atoms with E-state index in [9.17, 15) is 9.18 Å². The molecule has 0 saturated carbocycles. The first-order valence-electron chi connectivity index (χ1n) is 5.95. The third-order valence-corrected chi connectivity index (χ3v) is 3.62. The number of hydrogen-bond acceptors (Lipinski definition) is 4. The molecule has 1 aromatic carbocycles. The summed E-state index contributed by atoms with van der Waals surface area (Å²) in [6.45, 7) is 0. The molecule has 0 fully saturated rings. The van der Waals surface area contributed by atoms with Gasteiger partial charge in [0.1, 0.15) is 11.5 Å². The van der Waals surface area contributed by atoms with Gasteiger partial charge >= 0.3 is 5.69 Å². The maximum atomic E-state index is 13.1. The van der Waals surface area contributed by atoms with Crippen molar-refractivity contribution < 1.29 is 4.39 Å². The summed E-state index contributed by atoms with van der Waals surface area (Å²) in [7, 11) is 0. The fourth-order valence-electron chi connectivity index (χ4n) is 1.78. The average molecular weight is 287 g/mol. The van der Waals surface area contributed by atoms with Crippen LogP contribution in [0.5, 0.6) is 0 Å². The van der Waals surface area contributed by atoms with E-state index in [1.807, 2.05) is 12.1 Å². The predicted octanol–water partition coefficient (Wildman–Crippen LogP) is 2.52. The largest absolute Gasteiger partial charge is 0.355 e. The lowest BCUT2D eigenvalue weighted by atomic mass is 10.2. The summed E-state index contributed by atoms with van der Waals surface area (Å²) in [6.07, 6.45) is 1.62. The first-order chi connectivity index (χ1) is 9.72. The summed E-state index contributed by atoms with van der Waals surface area (Å²) in [5, 5.41) is 0.394. The van der Waals surface area contributed by atoms with E-state index < -0.39 is 0 Å². The van der Waals surface area contributed by atoms with Gasteiger partial charge in [-0.25, -0.2) is 14.2 Å². The molecule has 0 amide bonds. The molecule has 0 aliphatic heterocycles. The highest BCUT2D eigenvalue weighted by Crippen LogP contribution is 2.19. The standard InChI is InChI=1S/C14H10FN3OS/c15-11-5-3-4-10(8-11)9-20-13-16-12-6-1-2-7-18(12)14(19)17-13/h1-8H,9H2. The second kappa shape index (κ2) is 5.42. The maximum Gasteiger partial charge on any atom is 0.355 e. The Morgan fingerprint density at radius 1 is 1.15 bits per heavy atom. The fourth-order valence-corrected chi connectivity index (χ4v) is 2.56. The van der Waals surface area contributed by atoms with Gasteiger partial charge in [0.05, 0.1) is 0 Å². The number of benzene rings is 1. The van der Waals surface area contributed by atoms with E-state index in [0.717, 1.165) is 5.56 Å². The van der Waals surface area contributed by atoms with Crippen molar-refractivity contribution in [1.29, 1.82) is 0 Å². The van der Waals surface area contributed by atoms with Crippen LogP contribution in [0, 0.1) is 5.82 Å². The summed E-state index contributed by atoms with van der Waals surface area (Å²) in [6, 6.07) is 11.6. The highest BCUT2D eigenvalue weighted by molar-refractivity contribution is 7.98. The van der Waals surface area contributed by atoms with Crippen LogP contribution in [-0.4, -0.2) is 14.4 Å². The van der Waals surface area contributed by atoms with Crippen molar-refractivity contribution in [2.45, 2.75) is 10.9 Å². The zero-order chi connectivity index (χ0) is 13.9. The van der Waals surface area contributed by atoms with Crippen molar-refractivity contribution in [2.75, 3.05) is 0 Å². The molecule has 100 valence electrons. The number of nitrogens with zero attached hydrogens (tertiary/aromatic N) is 3. The first kappa shape index (κ1) is 12.8.